The Kier molecular flexibility index (Phi) is 6.52. The van der Waals surface area contributed by atoms with Crippen LogP contribution in [0.3, 0.4) is 0 Å². The summed E-state index contributed by atoms with van der Waals surface area (Å²) in [6, 6.07) is 6.18. The Balaban J connectivity index is 2.28. The van der Waals surface area contributed by atoms with Crippen LogP contribution in [0.15, 0.2) is 18.2 Å². The lowest BCUT2D eigenvalue weighted by atomic mass is 10.1. The van der Waals surface area contributed by atoms with Crippen LogP contribution in [0.5, 0.6) is 5.75 Å². The molecule has 20 heavy (non-hydrogen) atoms. The predicted molar refractivity (Wildman–Crippen MR) is 80.3 cm³/mol. The van der Waals surface area contributed by atoms with Crippen molar-refractivity contribution < 1.29 is 14.6 Å². The highest BCUT2D eigenvalue weighted by Gasteiger charge is 2.13. The Morgan fingerprint density at radius 1 is 1.40 bits per heavy atom. The molecule has 0 amide bonds. The van der Waals surface area contributed by atoms with Gasteiger partial charge >= 0.3 is 5.97 Å². The van der Waals surface area contributed by atoms with Gasteiger partial charge in [0.2, 0.25) is 0 Å². The van der Waals surface area contributed by atoms with Gasteiger partial charge in [-0.3, -0.25) is 4.79 Å². The predicted octanol–water partition coefficient (Wildman–Crippen LogP) is 2.72. The number of rotatable bonds is 8. The molecule has 1 unspecified atom stereocenters. The summed E-state index contributed by atoms with van der Waals surface area (Å²) in [6.07, 6.45) is 0.885. The van der Waals surface area contributed by atoms with Crippen LogP contribution in [0, 0.1) is 19.8 Å². The van der Waals surface area contributed by atoms with Crippen molar-refractivity contribution in [2.24, 2.45) is 5.92 Å². The van der Waals surface area contributed by atoms with Crippen LogP contribution in [-0.4, -0.2) is 42.7 Å². The van der Waals surface area contributed by atoms with E-state index in [0.717, 1.165) is 24.3 Å². The molecule has 1 atom stereocenters. The number of nitrogens with zero attached hydrogens (tertiary/aromatic N) is 1. The molecule has 1 N–H and O–H groups in total. The standard InChI is InChI=1S/C16H25NO3/c1-12-6-7-13(2)15(10-12)20-9-5-8-17(4)11-14(3)16(18)19/h6-7,10,14H,5,8-9,11H2,1-4H3,(H,18,19). The average Bonchev–Trinajstić information content (AvgIpc) is 2.38. The van der Waals surface area contributed by atoms with E-state index in [1.54, 1.807) is 6.92 Å². The van der Waals surface area contributed by atoms with E-state index in [1.165, 1.54) is 5.56 Å². The first-order chi connectivity index (χ1) is 9.40. The Morgan fingerprint density at radius 2 is 2.10 bits per heavy atom. The average molecular weight is 279 g/mol. The zero-order valence-corrected chi connectivity index (χ0v) is 12.8. The van der Waals surface area contributed by atoms with Gasteiger partial charge in [-0.25, -0.2) is 0 Å². The van der Waals surface area contributed by atoms with E-state index in [4.69, 9.17) is 9.84 Å². The van der Waals surface area contributed by atoms with E-state index in [9.17, 15) is 4.79 Å². The summed E-state index contributed by atoms with van der Waals surface area (Å²) in [5.74, 6) is -0.144. The summed E-state index contributed by atoms with van der Waals surface area (Å²) in [6.45, 7) is 7.87. The molecule has 112 valence electrons. The molecule has 0 aromatic heterocycles. The van der Waals surface area contributed by atoms with Crippen molar-refractivity contribution in [2.45, 2.75) is 27.2 Å². The fraction of sp³-hybridized carbons (Fsp3) is 0.562. The molecule has 1 aromatic rings. The molecular weight excluding hydrogens is 254 g/mol. The lowest BCUT2D eigenvalue weighted by molar-refractivity contribution is -0.141. The minimum Gasteiger partial charge on any atom is -0.493 e. The number of hydrogen-bond acceptors (Lipinski definition) is 3. The number of aliphatic carboxylic acids is 1. The maximum absolute atomic E-state index is 10.8. The van der Waals surface area contributed by atoms with Crippen molar-refractivity contribution in [1.82, 2.24) is 4.90 Å². The molecule has 0 bridgehead atoms. The topological polar surface area (TPSA) is 49.8 Å². The van der Waals surface area contributed by atoms with Crippen molar-refractivity contribution in [3.8, 4) is 5.75 Å². The third kappa shape index (κ3) is 5.61. The van der Waals surface area contributed by atoms with Crippen LogP contribution in [0.25, 0.3) is 0 Å². The van der Waals surface area contributed by atoms with Crippen LogP contribution in [0.2, 0.25) is 0 Å². The summed E-state index contributed by atoms with van der Waals surface area (Å²) < 4.78 is 5.78. The molecule has 1 aromatic carbocycles. The van der Waals surface area contributed by atoms with Crippen molar-refractivity contribution in [1.29, 1.82) is 0 Å². The van der Waals surface area contributed by atoms with Gasteiger partial charge in [-0.05, 0) is 44.5 Å². The van der Waals surface area contributed by atoms with E-state index < -0.39 is 5.97 Å². The van der Waals surface area contributed by atoms with Gasteiger partial charge in [0, 0.05) is 13.1 Å². The number of hydrogen-bond donors (Lipinski definition) is 1. The minimum absolute atomic E-state index is 0.333. The van der Waals surface area contributed by atoms with Crippen LogP contribution >= 0.6 is 0 Å². The number of benzene rings is 1. The first kappa shape index (κ1) is 16.5. The number of carbonyl (C=O) groups is 1. The van der Waals surface area contributed by atoms with Gasteiger partial charge in [0.1, 0.15) is 5.75 Å². The third-order valence-electron chi connectivity index (χ3n) is 3.29. The monoisotopic (exact) mass is 279 g/mol. The van der Waals surface area contributed by atoms with Gasteiger partial charge in [0.15, 0.2) is 0 Å². The van der Waals surface area contributed by atoms with E-state index in [2.05, 4.69) is 12.1 Å². The summed E-state index contributed by atoms with van der Waals surface area (Å²) in [5, 5.41) is 8.86. The van der Waals surface area contributed by atoms with E-state index >= 15 is 0 Å². The zero-order valence-electron chi connectivity index (χ0n) is 12.8. The highest BCUT2D eigenvalue weighted by Crippen LogP contribution is 2.19. The van der Waals surface area contributed by atoms with E-state index in [-0.39, 0.29) is 5.92 Å². The molecule has 0 saturated carbocycles. The van der Waals surface area contributed by atoms with E-state index in [0.29, 0.717) is 13.2 Å². The van der Waals surface area contributed by atoms with Gasteiger partial charge < -0.3 is 14.7 Å². The Labute approximate surface area is 121 Å². The zero-order chi connectivity index (χ0) is 15.1. The maximum Gasteiger partial charge on any atom is 0.307 e. The molecule has 1 rings (SSSR count). The van der Waals surface area contributed by atoms with Gasteiger partial charge in [0.05, 0.1) is 12.5 Å². The van der Waals surface area contributed by atoms with Crippen LogP contribution in [0.4, 0.5) is 0 Å². The molecule has 0 aliphatic carbocycles. The molecular formula is C16H25NO3. The molecule has 0 saturated heterocycles. The van der Waals surface area contributed by atoms with Gasteiger partial charge in [-0.2, -0.15) is 0 Å². The van der Waals surface area contributed by atoms with Crippen molar-refractivity contribution in [3.63, 3.8) is 0 Å². The van der Waals surface area contributed by atoms with E-state index in [1.807, 2.05) is 31.9 Å². The largest absolute Gasteiger partial charge is 0.493 e. The van der Waals surface area contributed by atoms with Crippen LogP contribution in [-0.2, 0) is 4.79 Å². The quantitative estimate of drug-likeness (QED) is 0.743. The molecule has 0 heterocycles. The first-order valence-corrected chi connectivity index (χ1v) is 7.01. The van der Waals surface area contributed by atoms with Crippen molar-refractivity contribution >= 4 is 5.97 Å². The molecule has 0 aliphatic heterocycles. The Bertz CT molecular complexity index is 445. The smallest absolute Gasteiger partial charge is 0.307 e. The number of aryl methyl sites for hydroxylation is 2. The molecule has 0 radical (unpaired) electrons. The minimum atomic E-state index is -0.747. The molecule has 4 heteroatoms. The summed E-state index contributed by atoms with van der Waals surface area (Å²) >= 11 is 0. The number of carboxylic acids is 1. The van der Waals surface area contributed by atoms with Crippen molar-refractivity contribution in [2.75, 3.05) is 26.7 Å². The molecule has 0 spiro atoms. The first-order valence-electron chi connectivity index (χ1n) is 7.01. The number of ether oxygens (including phenoxy) is 1. The van der Waals surface area contributed by atoms with Gasteiger partial charge in [0.25, 0.3) is 0 Å². The lowest BCUT2D eigenvalue weighted by Crippen LogP contribution is -2.30. The Morgan fingerprint density at radius 3 is 2.75 bits per heavy atom. The highest BCUT2D eigenvalue weighted by atomic mass is 16.5. The van der Waals surface area contributed by atoms with Gasteiger partial charge in [-0.15, -0.1) is 0 Å². The second-order valence-corrected chi connectivity index (χ2v) is 5.47. The molecule has 4 nitrogen and oxygen atoms in total. The highest BCUT2D eigenvalue weighted by molar-refractivity contribution is 5.69. The van der Waals surface area contributed by atoms with Gasteiger partial charge in [-0.1, -0.05) is 19.1 Å². The third-order valence-corrected chi connectivity index (χ3v) is 3.29. The second-order valence-electron chi connectivity index (χ2n) is 5.47. The number of carboxylic acid groups (broad SMARTS) is 1. The summed E-state index contributed by atoms with van der Waals surface area (Å²) in [7, 11) is 1.94. The fourth-order valence-electron chi connectivity index (χ4n) is 2.02. The summed E-state index contributed by atoms with van der Waals surface area (Å²) in [4.78, 5) is 12.8. The summed E-state index contributed by atoms with van der Waals surface area (Å²) in [5.41, 5.74) is 2.33. The Hall–Kier alpha value is -1.55. The molecule has 0 aliphatic rings. The SMILES string of the molecule is Cc1ccc(C)c(OCCCN(C)CC(C)C(=O)O)c1. The molecule has 0 fully saturated rings. The van der Waals surface area contributed by atoms with Crippen molar-refractivity contribution in [3.05, 3.63) is 29.3 Å². The van der Waals surface area contributed by atoms with Crippen LogP contribution < -0.4 is 4.74 Å². The lowest BCUT2D eigenvalue weighted by Gasteiger charge is -2.19. The maximum atomic E-state index is 10.8. The normalized spacial score (nSPS) is 12.4. The second kappa shape index (κ2) is 7.90. The van der Waals surface area contributed by atoms with Crippen LogP contribution in [0.1, 0.15) is 24.5 Å². The fourth-order valence-corrected chi connectivity index (χ4v) is 2.02.